The lowest BCUT2D eigenvalue weighted by atomic mass is 10.0. The number of hydrogen-bond acceptors (Lipinski definition) is 1. The van der Waals surface area contributed by atoms with Crippen LogP contribution in [0.25, 0.3) is 22.5 Å². The van der Waals surface area contributed by atoms with Gasteiger partial charge in [0.25, 0.3) is 0 Å². The van der Waals surface area contributed by atoms with Crippen LogP contribution >= 0.6 is 0 Å². The second kappa shape index (κ2) is 5.65. The van der Waals surface area contributed by atoms with Crippen molar-refractivity contribution in [3.63, 3.8) is 0 Å². The van der Waals surface area contributed by atoms with E-state index in [0.29, 0.717) is 6.61 Å². The van der Waals surface area contributed by atoms with Gasteiger partial charge in [-0.05, 0) is 49.2 Å². The van der Waals surface area contributed by atoms with E-state index in [-0.39, 0.29) is 0 Å². The Morgan fingerprint density at radius 1 is 1.00 bits per heavy atom. The molecule has 0 saturated carbocycles. The van der Waals surface area contributed by atoms with E-state index in [2.05, 4.69) is 64.7 Å². The first kappa shape index (κ1) is 14.2. The molecule has 0 bridgehead atoms. The predicted molar refractivity (Wildman–Crippen MR) is 93.8 cm³/mol. The van der Waals surface area contributed by atoms with E-state index in [1.54, 1.807) is 0 Å². The van der Waals surface area contributed by atoms with Gasteiger partial charge in [0.15, 0.2) is 0 Å². The number of hydrogen-bond donors (Lipinski definition) is 0. The van der Waals surface area contributed by atoms with Crippen LogP contribution in [-0.4, -0.2) is 15.7 Å². The van der Waals surface area contributed by atoms with Crippen molar-refractivity contribution in [3.8, 4) is 28.3 Å². The minimum absolute atomic E-state index is 0.705. The molecule has 0 fully saturated rings. The fourth-order valence-electron chi connectivity index (χ4n) is 3.63. The summed E-state index contributed by atoms with van der Waals surface area (Å²) in [6, 6.07) is 15.2. The quantitative estimate of drug-likeness (QED) is 0.689. The molecule has 0 unspecified atom stereocenters. The van der Waals surface area contributed by atoms with Crippen LogP contribution in [0.2, 0.25) is 0 Å². The third-order valence-corrected chi connectivity index (χ3v) is 4.68. The van der Waals surface area contributed by atoms with Crippen LogP contribution in [0.4, 0.5) is 0 Å². The van der Waals surface area contributed by atoms with Crippen LogP contribution in [0.1, 0.15) is 19.5 Å². The van der Waals surface area contributed by atoms with E-state index < -0.39 is 0 Å². The highest BCUT2D eigenvalue weighted by molar-refractivity contribution is 5.75. The highest BCUT2D eigenvalue weighted by atomic mass is 16.5. The van der Waals surface area contributed by atoms with E-state index in [1.807, 2.05) is 6.92 Å². The Morgan fingerprint density at radius 3 is 2.57 bits per heavy atom. The van der Waals surface area contributed by atoms with Gasteiger partial charge in [0.1, 0.15) is 5.75 Å². The highest BCUT2D eigenvalue weighted by Crippen LogP contribution is 2.36. The zero-order valence-corrected chi connectivity index (χ0v) is 13.7. The van der Waals surface area contributed by atoms with Crippen molar-refractivity contribution in [1.29, 1.82) is 0 Å². The first-order chi connectivity index (χ1) is 11.3. The van der Waals surface area contributed by atoms with Crippen molar-refractivity contribution in [2.24, 2.45) is 0 Å². The number of fused-ring (bicyclic) bond motifs is 3. The van der Waals surface area contributed by atoms with E-state index in [4.69, 9.17) is 4.74 Å². The van der Waals surface area contributed by atoms with Crippen LogP contribution in [0, 0.1) is 0 Å². The van der Waals surface area contributed by atoms with Gasteiger partial charge < -0.3 is 13.9 Å². The summed E-state index contributed by atoms with van der Waals surface area (Å²) < 4.78 is 10.4. The third kappa shape index (κ3) is 2.27. The van der Waals surface area contributed by atoms with Crippen molar-refractivity contribution in [3.05, 3.63) is 54.4 Å². The maximum atomic E-state index is 5.56. The Labute approximate surface area is 137 Å². The molecule has 1 aliphatic rings. The fourth-order valence-corrected chi connectivity index (χ4v) is 3.63. The fraction of sp³-hybridized carbons (Fsp3) is 0.300. The molecule has 1 aliphatic heterocycles. The lowest BCUT2D eigenvalue weighted by Crippen LogP contribution is -2.16. The molecule has 3 heteroatoms. The largest absolute Gasteiger partial charge is 0.494 e. The Balaban J connectivity index is 1.81. The summed E-state index contributed by atoms with van der Waals surface area (Å²) in [5.74, 6) is 0.937. The lowest BCUT2D eigenvalue weighted by molar-refractivity contribution is 0.340. The van der Waals surface area contributed by atoms with Crippen LogP contribution in [-0.2, 0) is 19.5 Å². The zero-order chi connectivity index (χ0) is 15.8. The Hall–Kier alpha value is -2.42. The Bertz CT molecular complexity index is 824. The number of nitrogens with zero attached hydrogens (tertiary/aromatic N) is 2. The van der Waals surface area contributed by atoms with Gasteiger partial charge in [-0.25, -0.2) is 0 Å². The standard InChI is InChI=1S/C20H22N2O/c1-3-18-17(15-7-9-16(10-8-15)23-4-2)14-20-19-6-5-11-21(19)12-13-22(18)20/h5-11,14H,3-4,12-13H2,1-2H3. The van der Waals surface area contributed by atoms with Crippen molar-refractivity contribution >= 4 is 0 Å². The van der Waals surface area contributed by atoms with Crippen LogP contribution in [0.5, 0.6) is 5.75 Å². The second-order valence-corrected chi connectivity index (χ2v) is 5.94. The first-order valence-electron chi connectivity index (χ1n) is 8.43. The normalized spacial score (nSPS) is 12.8. The number of rotatable bonds is 4. The van der Waals surface area contributed by atoms with Crippen molar-refractivity contribution < 1.29 is 4.74 Å². The van der Waals surface area contributed by atoms with Crippen LogP contribution in [0.3, 0.4) is 0 Å². The maximum absolute atomic E-state index is 5.56. The molecule has 23 heavy (non-hydrogen) atoms. The molecule has 0 saturated heterocycles. The van der Waals surface area contributed by atoms with Gasteiger partial charge in [0.2, 0.25) is 0 Å². The smallest absolute Gasteiger partial charge is 0.119 e. The predicted octanol–water partition coefficient (Wildman–Crippen LogP) is 4.60. The highest BCUT2D eigenvalue weighted by Gasteiger charge is 2.21. The monoisotopic (exact) mass is 306 g/mol. The summed E-state index contributed by atoms with van der Waals surface area (Å²) in [7, 11) is 0. The molecule has 3 aromatic rings. The summed E-state index contributed by atoms with van der Waals surface area (Å²) in [6.45, 7) is 7.07. The minimum atomic E-state index is 0.705. The summed E-state index contributed by atoms with van der Waals surface area (Å²) in [4.78, 5) is 0. The zero-order valence-electron chi connectivity index (χ0n) is 13.7. The molecule has 0 amide bonds. The average Bonchev–Trinajstić information content (AvgIpc) is 3.19. The number of ether oxygens (including phenoxy) is 1. The van der Waals surface area contributed by atoms with E-state index in [1.165, 1.54) is 28.2 Å². The summed E-state index contributed by atoms with van der Waals surface area (Å²) in [5.41, 5.74) is 6.70. The van der Waals surface area contributed by atoms with Gasteiger partial charge in [-0.2, -0.15) is 0 Å². The molecule has 3 nitrogen and oxygen atoms in total. The summed E-state index contributed by atoms with van der Waals surface area (Å²) >= 11 is 0. The van der Waals surface area contributed by atoms with Crippen molar-refractivity contribution in [2.75, 3.05) is 6.61 Å². The molecule has 118 valence electrons. The van der Waals surface area contributed by atoms with Gasteiger partial charge in [0, 0.05) is 30.5 Å². The van der Waals surface area contributed by atoms with Gasteiger partial charge in [0.05, 0.1) is 18.0 Å². The molecular formula is C20H22N2O. The first-order valence-corrected chi connectivity index (χ1v) is 8.43. The van der Waals surface area contributed by atoms with Crippen molar-refractivity contribution in [1.82, 2.24) is 9.13 Å². The van der Waals surface area contributed by atoms with Gasteiger partial charge in [-0.15, -0.1) is 0 Å². The average molecular weight is 306 g/mol. The van der Waals surface area contributed by atoms with Crippen molar-refractivity contribution in [2.45, 2.75) is 33.4 Å². The third-order valence-electron chi connectivity index (χ3n) is 4.68. The molecular weight excluding hydrogens is 284 g/mol. The molecule has 0 N–H and O–H groups in total. The molecule has 4 rings (SSSR count). The molecule has 0 atom stereocenters. The number of aryl methyl sites for hydroxylation is 1. The van der Waals surface area contributed by atoms with E-state index in [9.17, 15) is 0 Å². The molecule has 1 aromatic carbocycles. The van der Waals surface area contributed by atoms with Crippen LogP contribution in [0.15, 0.2) is 48.7 Å². The second-order valence-electron chi connectivity index (χ2n) is 5.94. The topological polar surface area (TPSA) is 19.1 Å². The lowest BCUT2D eigenvalue weighted by Gasteiger charge is -2.21. The molecule has 0 radical (unpaired) electrons. The molecule has 2 aromatic heterocycles. The van der Waals surface area contributed by atoms with E-state index in [0.717, 1.165) is 25.3 Å². The SMILES string of the molecule is CCOc1ccc(-c2cc3n(c2CC)CCn2cccc2-3)cc1. The summed E-state index contributed by atoms with van der Waals surface area (Å²) in [5, 5.41) is 0. The number of aromatic nitrogens is 2. The summed E-state index contributed by atoms with van der Waals surface area (Å²) in [6.07, 6.45) is 3.22. The molecule has 3 heterocycles. The van der Waals surface area contributed by atoms with Gasteiger partial charge in [-0.3, -0.25) is 0 Å². The van der Waals surface area contributed by atoms with Gasteiger partial charge in [-0.1, -0.05) is 19.1 Å². The minimum Gasteiger partial charge on any atom is -0.494 e. The maximum Gasteiger partial charge on any atom is 0.119 e. The number of benzene rings is 1. The molecule has 0 spiro atoms. The van der Waals surface area contributed by atoms with Gasteiger partial charge >= 0.3 is 0 Å². The Kier molecular flexibility index (Phi) is 3.49. The molecule has 0 aliphatic carbocycles. The van der Waals surface area contributed by atoms with Crippen LogP contribution < -0.4 is 4.74 Å². The Morgan fingerprint density at radius 2 is 1.83 bits per heavy atom. The van der Waals surface area contributed by atoms with E-state index >= 15 is 0 Å².